The molecule has 1 fully saturated rings. The average Bonchev–Trinajstić information content (AvgIpc) is 2.78. The number of halogens is 2. The molecule has 3 aromatic rings. The van der Waals surface area contributed by atoms with E-state index in [2.05, 4.69) is 4.90 Å². The number of carbonyl (C=O) groups is 1. The number of carboxylic acid groups (broad SMARTS) is 1. The van der Waals surface area contributed by atoms with Gasteiger partial charge in [0.25, 0.3) is 0 Å². The van der Waals surface area contributed by atoms with Crippen LogP contribution < -0.4 is 4.74 Å². The maximum atomic E-state index is 11.4. The van der Waals surface area contributed by atoms with Gasteiger partial charge < -0.3 is 9.84 Å². The highest BCUT2D eigenvalue weighted by Gasteiger charge is 2.31. The van der Waals surface area contributed by atoms with Crippen molar-refractivity contribution >= 4 is 29.2 Å². The molecule has 1 saturated heterocycles. The van der Waals surface area contributed by atoms with Gasteiger partial charge >= 0.3 is 5.97 Å². The number of hydrogen-bond acceptors (Lipinski definition) is 3. The summed E-state index contributed by atoms with van der Waals surface area (Å²) in [5.41, 5.74) is 1.92. The SMILES string of the molecule is O=C(O)C1CCN(C(c2cccc(Oc3ccccc3)c2)c2cccc(Cl)c2Cl)CC1. The molecule has 0 aliphatic carbocycles. The number of hydrogen-bond donors (Lipinski definition) is 1. The zero-order chi connectivity index (χ0) is 21.8. The number of para-hydroxylation sites is 1. The molecule has 0 bridgehead atoms. The molecule has 1 aliphatic heterocycles. The zero-order valence-corrected chi connectivity index (χ0v) is 18.4. The minimum absolute atomic E-state index is 0.153. The predicted octanol–water partition coefficient (Wildman–Crippen LogP) is 6.67. The molecule has 0 spiro atoms. The molecule has 0 amide bonds. The van der Waals surface area contributed by atoms with E-state index in [9.17, 15) is 9.90 Å². The maximum absolute atomic E-state index is 11.4. The lowest BCUT2D eigenvalue weighted by Gasteiger charge is -2.37. The van der Waals surface area contributed by atoms with E-state index in [1.54, 1.807) is 6.07 Å². The molecule has 31 heavy (non-hydrogen) atoms. The molecule has 4 nitrogen and oxygen atoms in total. The van der Waals surface area contributed by atoms with Gasteiger partial charge in [0.1, 0.15) is 11.5 Å². The third-order valence-corrected chi connectivity index (χ3v) is 6.51. The standard InChI is InChI=1S/C25H23Cl2NO3/c26-22-11-5-10-21(23(22)27)24(28-14-12-17(13-15-28)25(29)30)18-6-4-9-20(16-18)31-19-7-2-1-3-8-19/h1-11,16-17,24H,12-15H2,(H,29,30). The van der Waals surface area contributed by atoms with Gasteiger partial charge in [-0.3, -0.25) is 9.69 Å². The van der Waals surface area contributed by atoms with Gasteiger partial charge in [-0.15, -0.1) is 0 Å². The van der Waals surface area contributed by atoms with Gasteiger partial charge in [0.15, 0.2) is 0 Å². The summed E-state index contributed by atoms with van der Waals surface area (Å²) in [6.45, 7) is 1.32. The van der Waals surface area contributed by atoms with Crippen molar-refractivity contribution < 1.29 is 14.6 Å². The van der Waals surface area contributed by atoms with Crippen LogP contribution in [0.25, 0.3) is 0 Å². The Balaban J connectivity index is 1.69. The lowest BCUT2D eigenvalue weighted by atomic mass is 9.91. The molecule has 3 aromatic carbocycles. The smallest absolute Gasteiger partial charge is 0.306 e. The Kier molecular flexibility index (Phi) is 6.81. The highest BCUT2D eigenvalue weighted by atomic mass is 35.5. The largest absolute Gasteiger partial charge is 0.481 e. The second-order valence-corrected chi connectivity index (χ2v) is 8.47. The summed E-state index contributed by atoms with van der Waals surface area (Å²) in [4.78, 5) is 13.7. The molecule has 4 rings (SSSR count). The van der Waals surface area contributed by atoms with Gasteiger partial charge in [-0.25, -0.2) is 0 Å². The van der Waals surface area contributed by atoms with Gasteiger partial charge in [0, 0.05) is 0 Å². The van der Waals surface area contributed by atoms with Crippen molar-refractivity contribution in [3.8, 4) is 11.5 Å². The van der Waals surface area contributed by atoms with Crippen molar-refractivity contribution in [1.29, 1.82) is 0 Å². The minimum Gasteiger partial charge on any atom is -0.481 e. The fraction of sp³-hybridized carbons (Fsp3) is 0.240. The second kappa shape index (κ2) is 9.73. The molecular weight excluding hydrogens is 433 g/mol. The molecule has 1 N–H and O–H groups in total. The van der Waals surface area contributed by atoms with E-state index in [0.29, 0.717) is 36.0 Å². The Hall–Kier alpha value is -2.53. The normalized spacial score (nSPS) is 16.1. The van der Waals surface area contributed by atoms with E-state index < -0.39 is 5.97 Å². The van der Waals surface area contributed by atoms with Crippen LogP contribution >= 0.6 is 23.2 Å². The molecule has 0 aromatic heterocycles. The lowest BCUT2D eigenvalue weighted by Crippen LogP contribution is -2.39. The van der Waals surface area contributed by atoms with Crippen LogP contribution in [0.2, 0.25) is 10.0 Å². The molecule has 0 radical (unpaired) electrons. The van der Waals surface area contributed by atoms with E-state index in [1.807, 2.05) is 66.7 Å². The van der Waals surface area contributed by atoms with Crippen LogP contribution in [-0.4, -0.2) is 29.1 Å². The zero-order valence-electron chi connectivity index (χ0n) is 16.9. The minimum atomic E-state index is -0.727. The Morgan fingerprint density at radius 2 is 1.61 bits per heavy atom. The first-order valence-electron chi connectivity index (χ1n) is 10.3. The number of carboxylic acids is 1. The number of nitrogens with zero attached hydrogens (tertiary/aromatic N) is 1. The van der Waals surface area contributed by atoms with E-state index in [-0.39, 0.29) is 12.0 Å². The summed E-state index contributed by atoms with van der Waals surface area (Å²) >= 11 is 13.0. The van der Waals surface area contributed by atoms with Crippen molar-refractivity contribution in [2.75, 3.05) is 13.1 Å². The van der Waals surface area contributed by atoms with Crippen LogP contribution in [-0.2, 0) is 4.79 Å². The van der Waals surface area contributed by atoms with Gasteiger partial charge in [0.2, 0.25) is 0 Å². The lowest BCUT2D eigenvalue weighted by molar-refractivity contribution is -0.143. The molecule has 6 heteroatoms. The Labute approximate surface area is 192 Å². The van der Waals surface area contributed by atoms with Crippen LogP contribution in [0.1, 0.15) is 30.0 Å². The second-order valence-electron chi connectivity index (χ2n) is 7.68. The third-order valence-electron chi connectivity index (χ3n) is 5.67. The van der Waals surface area contributed by atoms with Crippen LogP contribution in [0.15, 0.2) is 72.8 Å². The molecular formula is C25H23Cl2NO3. The van der Waals surface area contributed by atoms with Gasteiger partial charge in [-0.1, -0.05) is 65.7 Å². The molecule has 0 saturated carbocycles. The summed E-state index contributed by atoms with van der Waals surface area (Å²) in [5.74, 6) is 0.460. The van der Waals surface area contributed by atoms with Crippen LogP contribution in [0.5, 0.6) is 11.5 Å². The summed E-state index contributed by atoms with van der Waals surface area (Å²) in [5, 5.41) is 10.4. The monoisotopic (exact) mass is 455 g/mol. The van der Waals surface area contributed by atoms with Crippen LogP contribution in [0, 0.1) is 5.92 Å². The molecule has 1 atom stereocenters. The quantitative estimate of drug-likeness (QED) is 0.450. The first-order valence-corrected chi connectivity index (χ1v) is 11.0. The van der Waals surface area contributed by atoms with Gasteiger partial charge in [0.05, 0.1) is 22.0 Å². The number of likely N-dealkylation sites (tertiary alicyclic amines) is 1. The fourth-order valence-electron chi connectivity index (χ4n) is 4.10. The van der Waals surface area contributed by atoms with E-state index in [0.717, 1.165) is 22.6 Å². The summed E-state index contributed by atoms with van der Waals surface area (Å²) in [6.07, 6.45) is 1.20. The van der Waals surface area contributed by atoms with Crippen LogP contribution in [0.3, 0.4) is 0 Å². The molecule has 160 valence electrons. The van der Waals surface area contributed by atoms with Crippen LogP contribution in [0.4, 0.5) is 0 Å². The number of rotatable bonds is 6. The van der Waals surface area contributed by atoms with Gasteiger partial charge in [-0.05, 0) is 67.4 Å². The van der Waals surface area contributed by atoms with E-state index in [4.69, 9.17) is 27.9 Å². The van der Waals surface area contributed by atoms with Crippen molar-refractivity contribution in [3.63, 3.8) is 0 Å². The third kappa shape index (κ3) is 5.04. The Morgan fingerprint density at radius 3 is 2.32 bits per heavy atom. The van der Waals surface area contributed by atoms with Crippen molar-refractivity contribution in [1.82, 2.24) is 4.90 Å². The van der Waals surface area contributed by atoms with Gasteiger partial charge in [-0.2, -0.15) is 0 Å². The number of piperidine rings is 1. The fourth-order valence-corrected chi connectivity index (χ4v) is 4.51. The first kappa shape index (κ1) is 21.7. The summed E-state index contributed by atoms with van der Waals surface area (Å²) < 4.78 is 6.04. The number of benzene rings is 3. The first-order chi connectivity index (χ1) is 15.0. The summed E-state index contributed by atoms with van der Waals surface area (Å²) in [6, 6.07) is 23.1. The molecule has 1 heterocycles. The maximum Gasteiger partial charge on any atom is 0.306 e. The molecule has 1 aliphatic rings. The number of aliphatic carboxylic acids is 1. The van der Waals surface area contributed by atoms with E-state index in [1.165, 1.54) is 0 Å². The average molecular weight is 456 g/mol. The van der Waals surface area contributed by atoms with Crippen molar-refractivity contribution in [3.05, 3.63) is 94.0 Å². The Morgan fingerprint density at radius 1 is 0.935 bits per heavy atom. The highest BCUT2D eigenvalue weighted by Crippen LogP contribution is 2.39. The summed E-state index contributed by atoms with van der Waals surface area (Å²) in [7, 11) is 0. The van der Waals surface area contributed by atoms with Crippen molar-refractivity contribution in [2.45, 2.75) is 18.9 Å². The van der Waals surface area contributed by atoms with Crippen molar-refractivity contribution in [2.24, 2.45) is 5.92 Å². The molecule has 1 unspecified atom stereocenters. The highest BCUT2D eigenvalue weighted by molar-refractivity contribution is 6.42. The number of ether oxygens (including phenoxy) is 1. The Bertz CT molecular complexity index is 1050. The predicted molar refractivity (Wildman–Crippen MR) is 123 cm³/mol. The van der Waals surface area contributed by atoms with E-state index >= 15 is 0 Å². The topological polar surface area (TPSA) is 49.8 Å².